The number of rotatable bonds is 7. The molecule has 2 rings (SSSR count). The van der Waals surface area contributed by atoms with Gasteiger partial charge in [0.1, 0.15) is 0 Å². The summed E-state index contributed by atoms with van der Waals surface area (Å²) < 4.78 is 1.84. The summed E-state index contributed by atoms with van der Waals surface area (Å²) in [7, 11) is 0. The van der Waals surface area contributed by atoms with Crippen molar-refractivity contribution in [2.45, 2.75) is 32.7 Å². The number of carbonyl (C=O) groups excluding carboxylic acids is 1. The van der Waals surface area contributed by atoms with Crippen LogP contribution in [0.25, 0.3) is 0 Å². The van der Waals surface area contributed by atoms with Gasteiger partial charge in [-0.3, -0.25) is 9.48 Å². The molecule has 1 N–H and O–H groups in total. The highest BCUT2D eigenvalue weighted by Crippen LogP contribution is 2.11. The van der Waals surface area contributed by atoms with Crippen molar-refractivity contribution in [2.24, 2.45) is 0 Å². The van der Waals surface area contributed by atoms with Gasteiger partial charge in [-0.25, -0.2) is 0 Å². The standard InChI is InChI=1S/C16H20ClN3O/c1-13-11-19-20(12-13)10-9-18-16(21)4-2-3-14-5-7-15(17)8-6-14/h5-8,11-12H,2-4,9-10H2,1H3,(H,18,21). The van der Waals surface area contributed by atoms with Crippen LogP contribution in [0.4, 0.5) is 0 Å². The van der Waals surface area contributed by atoms with E-state index in [0.717, 1.165) is 23.4 Å². The van der Waals surface area contributed by atoms with Crippen LogP contribution in [0.3, 0.4) is 0 Å². The number of benzene rings is 1. The molecule has 5 heteroatoms. The summed E-state index contributed by atoms with van der Waals surface area (Å²) in [6, 6.07) is 7.76. The quantitative estimate of drug-likeness (QED) is 0.855. The highest BCUT2D eigenvalue weighted by atomic mass is 35.5. The Hall–Kier alpha value is -1.81. The van der Waals surface area contributed by atoms with Crippen LogP contribution in [0.15, 0.2) is 36.7 Å². The second kappa shape index (κ2) is 7.84. The molecule has 0 saturated heterocycles. The SMILES string of the molecule is Cc1cnn(CCNC(=O)CCCc2ccc(Cl)cc2)c1. The van der Waals surface area contributed by atoms with Gasteiger partial charge in [0.25, 0.3) is 0 Å². The molecule has 0 aliphatic heterocycles. The average molecular weight is 306 g/mol. The van der Waals surface area contributed by atoms with E-state index in [1.165, 1.54) is 5.56 Å². The van der Waals surface area contributed by atoms with Gasteiger partial charge in [-0.05, 0) is 43.0 Å². The molecule has 0 bridgehead atoms. The molecule has 0 aliphatic carbocycles. The molecular formula is C16H20ClN3O. The molecule has 112 valence electrons. The van der Waals surface area contributed by atoms with Crippen molar-refractivity contribution < 1.29 is 4.79 Å². The van der Waals surface area contributed by atoms with Gasteiger partial charge in [-0.2, -0.15) is 5.10 Å². The van der Waals surface area contributed by atoms with Gasteiger partial charge < -0.3 is 5.32 Å². The lowest BCUT2D eigenvalue weighted by molar-refractivity contribution is -0.121. The van der Waals surface area contributed by atoms with Crippen molar-refractivity contribution >= 4 is 17.5 Å². The Bertz CT molecular complexity index is 577. The van der Waals surface area contributed by atoms with Gasteiger partial charge in [0.05, 0.1) is 12.7 Å². The Kier molecular flexibility index (Phi) is 5.81. The minimum Gasteiger partial charge on any atom is -0.354 e. The molecule has 0 saturated carbocycles. The lowest BCUT2D eigenvalue weighted by atomic mass is 10.1. The number of halogens is 1. The summed E-state index contributed by atoms with van der Waals surface area (Å²) in [5.74, 6) is 0.0906. The Morgan fingerprint density at radius 1 is 1.33 bits per heavy atom. The topological polar surface area (TPSA) is 46.9 Å². The van der Waals surface area contributed by atoms with Crippen LogP contribution in [0.5, 0.6) is 0 Å². The number of nitrogens with one attached hydrogen (secondary N) is 1. The normalized spacial score (nSPS) is 10.6. The average Bonchev–Trinajstić information content (AvgIpc) is 2.87. The maximum absolute atomic E-state index is 11.7. The molecule has 0 spiro atoms. The first-order chi connectivity index (χ1) is 10.1. The van der Waals surface area contributed by atoms with E-state index in [-0.39, 0.29) is 5.91 Å². The first kappa shape index (κ1) is 15.6. The van der Waals surface area contributed by atoms with Crippen molar-refractivity contribution in [3.63, 3.8) is 0 Å². The summed E-state index contributed by atoms with van der Waals surface area (Å²) in [6.07, 6.45) is 6.05. The Morgan fingerprint density at radius 2 is 2.10 bits per heavy atom. The third kappa shape index (κ3) is 5.60. The van der Waals surface area contributed by atoms with Crippen LogP contribution in [0, 0.1) is 6.92 Å². The van der Waals surface area contributed by atoms with Crippen molar-refractivity contribution in [1.82, 2.24) is 15.1 Å². The Balaban J connectivity index is 1.60. The summed E-state index contributed by atoms with van der Waals surface area (Å²) in [5.41, 5.74) is 2.34. The van der Waals surface area contributed by atoms with Crippen LogP contribution in [0.2, 0.25) is 5.02 Å². The predicted octanol–water partition coefficient (Wildman–Crippen LogP) is 2.98. The first-order valence-corrected chi connectivity index (χ1v) is 7.51. The summed E-state index contributed by atoms with van der Waals surface area (Å²) in [6.45, 7) is 3.32. The highest BCUT2D eigenvalue weighted by molar-refractivity contribution is 6.30. The fourth-order valence-corrected chi connectivity index (χ4v) is 2.22. The number of amides is 1. The van der Waals surface area contributed by atoms with Crippen molar-refractivity contribution in [2.75, 3.05) is 6.54 Å². The summed E-state index contributed by atoms with van der Waals surface area (Å²) >= 11 is 5.83. The van der Waals surface area contributed by atoms with Gasteiger partial charge in [0, 0.05) is 24.2 Å². The van der Waals surface area contributed by atoms with Crippen LogP contribution in [-0.2, 0) is 17.8 Å². The highest BCUT2D eigenvalue weighted by Gasteiger charge is 2.02. The van der Waals surface area contributed by atoms with Crippen molar-refractivity contribution in [3.8, 4) is 0 Å². The maximum Gasteiger partial charge on any atom is 0.220 e. The number of aryl methyl sites for hydroxylation is 2. The second-order valence-corrected chi connectivity index (χ2v) is 5.55. The van der Waals surface area contributed by atoms with E-state index in [9.17, 15) is 4.79 Å². The van der Waals surface area contributed by atoms with Gasteiger partial charge in [0.15, 0.2) is 0 Å². The van der Waals surface area contributed by atoms with Gasteiger partial charge in [-0.1, -0.05) is 23.7 Å². The number of hydrogen-bond donors (Lipinski definition) is 1. The fourth-order valence-electron chi connectivity index (χ4n) is 2.09. The molecule has 4 nitrogen and oxygen atoms in total. The predicted molar refractivity (Wildman–Crippen MR) is 84.4 cm³/mol. The fraction of sp³-hybridized carbons (Fsp3) is 0.375. The molecule has 1 aromatic carbocycles. The number of aromatic nitrogens is 2. The zero-order valence-electron chi connectivity index (χ0n) is 12.2. The van der Waals surface area contributed by atoms with E-state index in [0.29, 0.717) is 19.5 Å². The molecule has 1 aromatic heterocycles. The Morgan fingerprint density at radius 3 is 2.76 bits per heavy atom. The first-order valence-electron chi connectivity index (χ1n) is 7.14. The minimum absolute atomic E-state index is 0.0906. The van der Waals surface area contributed by atoms with Gasteiger partial charge in [-0.15, -0.1) is 0 Å². The van der Waals surface area contributed by atoms with E-state index in [1.807, 2.05) is 48.3 Å². The molecule has 2 aromatic rings. The molecule has 21 heavy (non-hydrogen) atoms. The van der Waals surface area contributed by atoms with Crippen LogP contribution < -0.4 is 5.32 Å². The minimum atomic E-state index is 0.0906. The molecular weight excluding hydrogens is 286 g/mol. The van der Waals surface area contributed by atoms with E-state index in [1.54, 1.807) is 0 Å². The number of nitrogens with zero attached hydrogens (tertiary/aromatic N) is 2. The van der Waals surface area contributed by atoms with E-state index in [2.05, 4.69) is 10.4 Å². The Labute approximate surface area is 130 Å². The van der Waals surface area contributed by atoms with E-state index >= 15 is 0 Å². The van der Waals surface area contributed by atoms with Crippen LogP contribution >= 0.6 is 11.6 Å². The van der Waals surface area contributed by atoms with Gasteiger partial charge >= 0.3 is 0 Å². The van der Waals surface area contributed by atoms with Gasteiger partial charge in [0.2, 0.25) is 5.91 Å². The van der Waals surface area contributed by atoms with E-state index in [4.69, 9.17) is 11.6 Å². The largest absolute Gasteiger partial charge is 0.354 e. The van der Waals surface area contributed by atoms with E-state index < -0.39 is 0 Å². The summed E-state index contributed by atoms with van der Waals surface area (Å²) in [5, 5.41) is 7.83. The molecule has 0 unspecified atom stereocenters. The zero-order chi connectivity index (χ0) is 15.1. The molecule has 0 radical (unpaired) electrons. The molecule has 1 heterocycles. The van der Waals surface area contributed by atoms with Crippen LogP contribution in [0.1, 0.15) is 24.0 Å². The molecule has 1 amide bonds. The van der Waals surface area contributed by atoms with Crippen molar-refractivity contribution in [1.29, 1.82) is 0 Å². The zero-order valence-corrected chi connectivity index (χ0v) is 12.9. The second-order valence-electron chi connectivity index (χ2n) is 5.11. The summed E-state index contributed by atoms with van der Waals surface area (Å²) in [4.78, 5) is 11.7. The molecule has 0 atom stereocenters. The maximum atomic E-state index is 11.7. The molecule has 0 fully saturated rings. The third-order valence-corrected chi connectivity index (χ3v) is 3.46. The smallest absolute Gasteiger partial charge is 0.220 e. The third-order valence-electron chi connectivity index (χ3n) is 3.21. The number of carbonyl (C=O) groups is 1. The lowest BCUT2D eigenvalue weighted by Crippen LogP contribution is -2.27. The monoisotopic (exact) mass is 305 g/mol. The van der Waals surface area contributed by atoms with Crippen molar-refractivity contribution in [3.05, 3.63) is 52.8 Å². The number of hydrogen-bond acceptors (Lipinski definition) is 2. The van der Waals surface area contributed by atoms with Crippen LogP contribution in [-0.4, -0.2) is 22.2 Å². The molecule has 0 aliphatic rings. The lowest BCUT2D eigenvalue weighted by Gasteiger charge is -2.06.